The number of nitrogens with zero attached hydrogens (tertiary/aromatic N) is 2. The van der Waals surface area contributed by atoms with Crippen LogP contribution in [0.4, 0.5) is 0 Å². The van der Waals surface area contributed by atoms with Crippen molar-refractivity contribution in [2.24, 2.45) is 41.4 Å². The van der Waals surface area contributed by atoms with Crippen LogP contribution in [0.25, 0.3) is 0 Å². The van der Waals surface area contributed by atoms with Gasteiger partial charge >= 0.3 is 0 Å². The van der Waals surface area contributed by atoms with Gasteiger partial charge in [-0.2, -0.15) is 0 Å². The Hall–Kier alpha value is -0.160. The van der Waals surface area contributed by atoms with Crippen LogP contribution in [0.1, 0.15) is 244 Å². The lowest BCUT2D eigenvalue weighted by Gasteiger charge is -2.51. The summed E-state index contributed by atoms with van der Waals surface area (Å²) in [6.07, 6.45) is 52.5. The quantitative estimate of drug-likeness (QED) is 0.195. The van der Waals surface area contributed by atoms with E-state index < -0.39 is 0 Å². The Labute approximate surface area is 353 Å². The van der Waals surface area contributed by atoms with Gasteiger partial charge in [-0.05, 0) is 234 Å². The van der Waals surface area contributed by atoms with E-state index in [0.29, 0.717) is 0 Å². The third kappa shape index (κ3) is 12.1. The van der Waals surface area contributed by atoms with Gasteiger partial charge in [0.2, 0.25) is 0 Å². The van der Waals surface area contributed by atoms with Crippen molar-refractivity contribution in [1.82, 2.24) is 9.80 Å². The second kappa shape index (κ2) is 21.8. The zero-order valence-corrected chi connectivity index (χ0v) is 37.6. The predicted molar refractivity (Wildman–Crippen MR) is 239 cm³/mol. The third-order valence-corrected chi connectivity index (χ3v) is 19.5. The van der Waals surface area contributed by atoms with Gasteiger partial charge in [0.1, 0.15) is 0 Å². The number of aliphatic hydroxyl groups excluding tert-OH is 2. The Kier molecular flexibility index (Phi) is 16.6. The predicted octanol–water partition coefficient (Wildman–Crippen LogP) is 13.4. The number of hydrogen-bond acceptors (Lipinski definition) is 4. The van der Waals surface area contributed by atoms with E-state index in [0.717, 1.165) is 103 Å². The molecule has 0 aliphatic heterocycles. The first-order valence-electron chi connectivity index (χ1n) is 26.9. The number of aliphatic hydroxyl groups is 2. The van der Waals surface area contributed by atoms with Gasteiger partial charge in [0, 0.05) is 36.3 Å². The Balaban J connectivity index is 0.801. The Morgan fingerprint density at radius 3 is 0.895 bits per heavy atom. The van der Waals surface area contributed by atoms with Gasteiger partial charge in [0.25, 0.3) is 0 Å². The molecule has 0 spiro atoms. The summed E-state index contributed by atoms with van der Waals surface area (Å²) in [7, 11) is 0. The van der Waals surface area contributed by atoms with Crippen molar-refractivity contribution in [1.29, 1.82) is 0 Å². The molecule has 0 aromatic heterocycles. The highest BCUT2D eigenvalue weighted by Crippen LogP contribution is 2.46. The fourth-order valence-electron chi connectivity index (χ4n) is 15.7. The largest absolute Gasteiger partial charge is 0.393 e. The van der Waals surface area contributed by atoms with Crippen LogP contribution in [0.5, 0.6) is 0 Å². The molecule has 8 rings (SSSR count). The molecule has 328 valence electrons. The van der Waals surface area contributed by atoms with Crippen molar-refractivity contribution in [3.8, 4) is 0 Å². The van der Waals surface area contributed by atoms with Crippen LogP contribution >= 0.6 is 0 Å². The second-order valence-electron chi connectivity index (χ2n) is 23.1. The second-order valence-corrected chi connectivity index (χ2v) is 23.1. The lowest BCUT2D eigenvalue weighted by Crippen LogP contribution is -2.53. The summed E-state index contributed by atoms with van der Waals surface area (Å²) in [6.45, 7) is 2.52. The highest BCUT2D eigenvalue weighted by Gasteiger charge is 2.42. The fraction of sp³-hybridized carbons (Fsp3) is 1.00. The van der Waals surface area contributed by atoms with Crippen LogP contribution in [-0.4, -0.2) is 68.5 Å². The summed E-state index contributed by atoms with van der Waals surface area (Å²) in [4.78, 5) is 6.49. The van der Waals surface area contributed by atoms with Crippen molar-refractivity contribution in [3.63, 3.8) is 0 Å². The molecule has 8 aliphatic rings. The smallest absolute Gasteiger partial charge is 0.0540 e. The molecule has 4 heteroatoms. The van der Waals surface area contributed by atoms with Gasteiger partial charge in [-0.15, -0.1) is 0 Å². The first-order valence-corrected chi connectivity index (χ1v) is 26.9. The molecule has 4 nitrogen and oxygen atoms in total. The van der Waals surface area contributed by atoms with Gasteiger partial charge in [0.15, 0.2) is 0 Å². The average Bonchev–Trinajstić information content (AvgIpc) is 3.26. The molecule has 57 heavy (non-hydrogen) atoms. The lowest BCUT2D eigenvalue weighted by atomic mass is 9.70. The summed E-state index contributed by atoms with van der Waals surface area (Å²) in [6, 6.07) is 5.27. The van der Waals surface area contributed by atoms with Crippen LogP contribution in [0.3, 0.4) is 0 Å². The molecule has 0 aromatic rings. The molecule has 0 bridgehead atoms. The zero-order valence-electron chi connectivity index (χ0n) is 37.6. The van der Waals surface area contributed by atoms with Crippen molar-refractivity contribution < 1.29 is 10.2 Å². The summed E-state index contributed by atoms with van der Waals surface area (Å²) in [5, 5.41) is 20.0. The maximum Gasteiger partial charge on any atom is 0.0540 e. The van der Waals surface area contributed by atoms with E-state index in [-0.39, 0.29) is 12.2 Å². The molecule has 0 heterocycles. The molecule has 0 atom stereocenters. The summed E-state index contributed by atoms with van der Waals surface area (Å²) >= 11 is 0. The molecule has 0 amide bonds. The third-order valence-electron chi connectivity index (χ3n) is 19.5. The van der Waals surface area contributed by atoms with Crippen molar-refractivity contribution >= 4 is 0 Å². The molecule has 0 radical (unpaired) electrons. The molecule has 0 unspecified atom stereocenters. The van der Waals surface area contributed by atoms with Crippen LogP contribution in [0, 0.1) is 41.4 Å². The van der Waals surface area contributed by atoms with E-state index in [2.05, 4.69) is 16.7 Å². The molecule has 8 aliphatic carbocycles. The minimum Gasteiger partial charge on any atom is -0.393 e. The highest BCUT2D eigenvalue weighted by molar-refractivity contribution is 4.96. The number of rotatable bonds is 13. The minimum absolute atomic E-state index is 0.00166. The molecule has 0 aromatic carbocycles. The van der Waals surface area contributed by atoms with E-state index in [4.69, 9.17) is 0 Å². The normalized spacial score (nSPS) is 43.3. The van der Waals surface area contributed by atoms with E-state index in [1.807, 2.05) is 0 Å². The maximum atomic E-state index is 9.98. The molecule has 0 saturated heterocycles. The van der Waals surface area contributed by atoms with Gasteiger partial charge in [-0.25, -0.2) is 0 Å². The van der Waals surface area contributed by atoms with Gasteiger partial charge < -0.3 is 10.2 Å². The van der Waals surface area contributed by atoms with Crippen molar-refractivity contribution in [2.75, 3.05) is 0 Å². The number of hydrogen-bond donors (Lipinski definition) is 2. The first kappa shape index (κ1) is 43.5. The van der Waals surface area contributed by atoms with E-state index in [9.17, 15) is 10.2 Å². The van der Waals surface area contributed by atoms with E-state index in [1.165, 1.54) is 212 Å². The van der Waals surface area contributed by atoms with Crippen LogP contribution in [0.15, 0.2) is 0 Å². The first-order chi connectivity index (χ1) is 27.9. The Bertz CT molecular complexity index is 1100. The lowest BCUT2D eigenvalue weighted by molar-refractivity contribution is -0.0120. The summed E-state index contributed by atoms with van der Waals surface area (Å²) < 4.78 is 0. The minimum atomic E-state index is -0.00275. The van der Waals surface area contributed by atoms with Gasteiger partial charge in [-0.3, -0.25) is 9.80 Å². The van der Waals surface area contributed by atoms with Crippen LogP contribution < -0.4 is 0 Å². The Morgan fingerprint density at radius 1 is 0.298 bits per heavy atom. The summed E-state index contributed by atoms with van der Waals surface area (Å²) in [5.41, 5.74) is 0. The zero-order chi connectivity index (χ0) is 39.0. The average molecular weight is 791 g/mol. The Morgan fingerprint density at radius 2 is 0.561 bits per heavy atom. The maximum absolute atomic E-state index is 9.98. The highest BCUT2D eigenvalue weighted by atomic mass is 16.3. The standard InChI is InChI=1S/C53H94N2O2/c1-39-7-25-47(26-8-39)55(49-29-15-41(16-30-49)10-12-43-19-37-53(57)38-20-43)51-33-23-45(24-34-51)44-21-31-50(32-22-44)54(46-5-3-2-4-6-46)48-27-13-40(14-28-48)9-11-42-17-35-52(56)36-18-42/h39-53,56-57H,2-38H2,1H3. The SMILES string of the molecule is CC1CCC(N(C2CCC(CCC3CCC(O)CC3)CC2)C2CCC(C3CCC(N(C4CCCCC4)C4CCC(CCC5CCC(O)CC5)CC4)CC3)CC2)CC1. The fourth-order valence-corrected chi connectivity index (χ4v) is 15.7. The van der Waals surface area contributed by atoms with Crippen LogP contribution in [-0.2, 0) is 0 Å². The van der Waals surface area contributed by atoms with Gasteiger partial charge in [-0.1, -0.05) is 51.9 Å². The molecule has 2 N–H and O–H groups in total. The monoisotopic (exact) mass is 791 g/mol. The summed E-state index contributed by atoms with van der Waals surface area (Å²) in [5.74, 6) is 6.73. The molecule has 8 fully saturated rings. The van der Waals surface area contributed by atoms with E-state index >= 15 is 0 Å². The van der Waals surface area contributed by atoms with Crippen molar-refractivity contribution in [3.05, 3.63) is 0 Å². The van der Waals surface area contributed by atoms with Gasteiger partial charge in [0.05, 0.1) is 12.2 Å². The van der Waals surface area contributed by atoms with E-state index in [1.54, 1.807) is 0 Å². The topological polar surface area (TPSA) is 46.9 Å². The molecular weight excluding hydrogens is 697 g/mol. The molecular formula is C53H94N2O2. The van der Waals surface area contributed by atoms with Crippen molar-refractivity contribution in [2.45, 2.75) is 293 Å². The van der Waals surface area contributed by atoms with Crippen LogP contribution in [0.2, 0.25) is 0 Å². The molecule has 8 saturated carbocycles.